The van der Waals surface area contributed by atoms with E-state index in [4.69, 9.17) is 15.2 Å². The Hall–Kier alpha value is -2.24. The number of methoxy groups -OCH3 is 1. The van der Waals surface area contributed by atoms with Crippen LogP contribution in [0.25, 0.3) is 0 Å². The summed E-state index contributed by atoms with van der Waals surface area (Å²) in [5.41, 5.74) is 6.48. The standard InChI is InChI=1S/C15H22N2O4/c1-4-9-17(10-13(18)21-5-2)15(19)14-11(16)7-6-8-12(14)20-3/h6-8H,4-5,9-10,16H2,1-3H3. The Labute approximate surface area is 124 Å². The third-order valence-corrected chi connectivity index (χ3v) is 2.90. The minimum atomic E-state index is -0.437. The topological polar surface area (TPSA) is 81.9 Å². The van der Waals surface area contributed by atoms with Crippen LogP contribution in [0.4, 0.5) is 5.69 Å². The number of nitrogen functional groups attached to an aromatic ring is 1. The van der Waals surface area contributed by atoms with Gasteiger partial charge in [0, 0.05) is 12.2 Å². The molecule has 1 aromatic rings. The van der Waals surface area contributed by atoms with E-state index in [1.54, 1.807) is 25.1 Å². The monoisotopic (exact) mass is 294 g/mol. The molecule has 1 aromatic carbocycles. The summed E-state index contributed by atoms with van der Waals surface area (Å²) in [5, 5.41) is 0. The Balaban J connectivity index is 3.03. The summed E-state index contributed by atoms with van der Waals surface area (Å²) in [4.78, 5) is 25.7. The normalized spacial score (nSPS) is 10.0. The van der Waals surface area contributed by atoms with Crippen molar-refractivity contribution >= 4 is 17.6 Å². The van der Waals surface area contributed by atoms with Crippen LogP contribution >= 0.6 is 0 Å². The summed E-state index contributed by atoms with van der Waals surface area (Å²) >= 11 is 0. The first-order chi connectivity index (χ1) is 10.0. The van der Waals surface area contributed by atoms with Gasteiger partial charge in [-0.3, -0.25) is 9.59 Å². The van der Waals surface area contributed by atoms with Gasteiger partial charge < -0.3 is 20.1 Å². The fourth-order valence-electron chi connectivity index (χ4n) is 1.99. The molecule has 6 nitrogen and oxygen atoms in total. The number of carbonyl (C=O) groups excluding carboxylic acids is 2. The summed E-state index contributed by atoms with van der Waals surface area (Å²) in [7, 11) is 1.47. The van der Waals surface area contributed by atoms with Crippen LogP contribution in [-0.4, -0.2) is 43.6 Å². The van der Waals surface area contributed by atoms with Crippen LogP contribution in [0.1, 0.15) is 30.6 Å². The van der Waals surface area contributed by atoms with Gasteiger partial charge >= 0.3 is 5.97 Å². The molecule has 0 saturated carbocycles. The number of nitrogens with two attached hydrogens (primary N) is 1. The van der Waals surface area contributed by atoms with Gasteiger partial charge in [0.25, 0.3) is 5.91 Å². The molecule has 2 N–H and O–H groups in total. The zero-order chi connectivity index (χ0) is 15.8. The van der Waals surface area contributed by atoms with Crippen molar-refractivity contribution in [1.29, 1.82) is 0 Å². The van der Waals surface area contributed by atoms with Gasteiger partial charge in [0.2, 0.25) is 0 Å². The molecule has 21 heavy (non-hydrogen) atoms. The van der Waals surface area contributed by atoms with E-state index < -0.39 is 5.97 Å². The minimum absolute atomic E-state index is 0.0992. The molecule has 0 fully saturated rings. The van der Waals surface area contributed by atoms with Gasteiger partial charge in [0.1, 0.15) is 17.9 Å². The predicted octanol–water partition coefficient (Wildman–Crippen LogP) is 1.69. The van der Waals surface area contributed by atoms with Crippen LogP contribution in [0, 0.1) is 0 Å². The molecule has 0 aliphatic carbocycles. The molecule has 0 aliphatic heterocycles. The van der Waals surface area contributed by atoms with Gasteiger partial charge in [0.05, 0.1) is 13.7 Å². The minimum Gasteiger partial charge on any atom is -0.496 e. The van der Waals surface area contributed by atoms with E-state index in [0.717, 1.165) is 6.42 Å². The van der Waals surface area contributed by atoms with Crippen molar-refractivity contribution in [2.24, 2.45) is 0 Å². The SMILES string of the molecule is CCCN(CC(=O)OCC)C(=O)c1c(N)cccc1OC. The molecule has 0 aromatic heterocycles. The fraction of sp³-hybridized carbons (Fsp3) is 0.467. The molecule has 1 amide bonds. The molecule has 0 radical (unpaired) electrons. The highest BCUT2D eigenvalue weighted by atomic mass is 16.5. The van der Waals surface area contributed by atoms with Crippen molar-refractivity contribution in [3.05, 3.63) is 23.8 Å². The maximum atomic E-state index is 12.6. The Morgan fingerprint density at radius 2 is 2.00 bits per heavy atom. The van der Waals surface area contributed by atoms with Gasteiger partial charge in [-0.15, -0.1) is 0 Å². The first kappa shape index (κ1) is 16.8. The van der Waals surface area contributed by atoms with Gasteiger partial charge in [0.15, 0.2) is 0 Å². The number of ether oxygens (including phenoxy) is 2. The maximum Gasteiger partial charge on any atom is 0.325 e. The summed E-state index contributed by atoms with van der Waals surface area (Å²) < 4.78 is 10.1. The van der Waals surface area contributed by atoms with Crippen LogP contribution in [-0.2, 0) is 9.53 Å². The molecular weight excluding hydrogens is 272 g/mol. The maximum absolute atomic E-state index is 12.6. The fourth-order valence-corrected chi connectivity index (χ4v) is 1.99. The van der Waals surface area contributed by atoms with Gasteiger partial charge in [-0.05, 0) is 25.5 Å². The highest BCUT2D eigenvalue weighted by molar-refractivity contribution is 6.02. The second-order valence-corrected chi connectivity index (χ2v) is 4.46. The number of esters is 1. The highest BCUT2D eigenvalue weighted by Gasteiger charge is 2.23. The number of carbonyl (C=O) groups is 2. The molecule has 0 saturated heterocycles. The van der Waals surface area contributed by atoms with Crippen molar-refractivity contribution in [3.8, 4) is 5.75 Å². The van der Waals surface area contributed by atoms with Gasteiger partial charge in [-0.25, -0.2) is 0 Å². The van der Waals surface area contributed by atoms with E-state index in [1.165, 1.54) is 12.0 Å². The molecule has 1 rings (SSSR count). The number of amides is 1. The second kappa shape index (κ2) is 8.14. The van der Waals surface area contributed by atoms with E-state index in [1.807, 2.05) is 6.92 Å². The lowest BCUT2D eigenvalue weighted by Gasteiger charge is -2.22. The van der Waals surface area contributed by atoms with Crippen molar-refractivity contribution in [2.75, 3.05) is 32.5 Å². The third-order valence-electron chi connectivity index (χ3n) is 2.90. The first-order valence-electron chi connectivity index (χ1n) is 6.92. The summed E-state index contributed by atoms with van der Waals surface area (Å²) in [6.07, 6.45) is 0.722. The lowest BCUT2D eigenvalue weighted by molar-refractivity contribution is -0.143. The van der Waals surface area contributed by atoms with Crippen LogP contribution in [0.5, 0.6) is 5.75 Å². The van der Waals surface area contributed by atoms with Crippen molar-refractivity contribution in [1.82, 2.24) is 4.90 Å². The number of anilines is 1. The number of hydrogen-bond donors (Lipinski definition) is 1. The van der Waals surface area contributed by atoms with Crippen LogP contribution < -0.4 is 10.5 Å². The largest absolute Gasteiger partial charge is 0.496 e. The van der Waals surface area contributed by atoms with Crippen molar-refractivity contribution < 1.29 is 19.1 Å². The van der Waals surface area contributed by atoms with Crippen LogP contribution in [0.3, 0.4) is 0 Å². The number of rotatable bonds is 7. The van der Waals surface area contributed by atoms with E-state index in [9.17, 15) is 9.59 Å². The lowest BCUT2D eigenvalue weighted by Crippen LogP contribution is -2.37. The molecule has 0 heterocycles. The molecule has 0 atom stereocenters. The smallest absolute Gasteiger partial charge is 0.325 e. The van der Waals surface area contributed by atoms with E-state index in [0.29, 0.717) is 18.0 Å². The third kappa shape index (κ3) is 4.37. The molecule has 116 valence electrons. The lowest BCUT2D eigenvalue weighted by atomic mass is 10.1. The Kier molecular flexibility index (Phi) is 6.52. The Morgan fingerprint density at radius 1 is 1.29 bits per heavy atom. The number of hydrogen-bond acceptors (Lipinski definition) is 5. The zero-order valence-electron chi connectivity index (χ0n) is 12.7. The van der Waals surface area contributed by atoms with Crippen LogP contribution in [0.15, 0.2) is 18.2 Å². The average molecular weight is 294 g/mol. The molecule has 0 unspecified atom stereocenters. The predicted molar refractivity (Wildman–Crippen MR) is 80.2 cm³/mol. The summed E-state index contributed by atoms with van der Waals surface area (Å²) in [5.74, 6) is -0.377. The van der Waals surface area contributed by atoms with E-state index >= 15 is 0 Å². The van der Waals surface area contributed by atoms with E-state index in [2.05, 4.69) is 0 Å². The second-order valence-electron chi connectivity index (χ2n) is 4.46. The summed E-state index contributed by atoms with van der Waals surface area (Å²) in [6.45, 7) is 4.27. The number of benzene rings is 1. The molecular formula is C15H22N2O4. The van der Waals surface area contributed by atoms with E-state index in [-0.39, 0.29) is 24.6 Å². The van der Waals surface area contributed by atoms with Crippen molar-refractivity contribution in [3.63, 3.8) is 0 Å². The van der Waals surface area contributed by atoms with Gasteiger partial charge in [-0.2, -0.15) is 0 Å². The van der Waals surface area contributed by atoms with Gasteiger partial charge in [-0.1, -0.05) is 13.0 Å². The molecule has 6 heteroatoms. The zero-order valence-corrected chi connectivity index (χ0v) is 12.7. The molecule has 0 aliphatic rings. The van der Waals surface area contributed by atoms with Crippen LogP contribution in [0.2, 0.25) is 0 Å². The molecule has 0 bridgehead atoms. The Morgan fingerprint density at radius 3 is 2.57 bits per heavy atom. The summed E-state index contributed by atoms with van der Waals surface area (Å²) in [6, 6.07) is 5.00. The quantitative estimate of drug-likeness (QED) is 0.611. The molecule has 0 spiro atoms. The number of nitrogens with zero attached hydrogens (tertiary/aromatic N) is 1. The van der Waals surface area contributed by atoms with Crippen molar-refractivity contribution in [2.45, 2.75) is 20.3 Å². The average Bonchev–Trinajstić information content (AvgIpc) is 2.46. The first-order valence-corrected chi connectivity index (χ1v) is 6.92. The highest BCUT2D eigenvalue weighted by Crippen LogP contribution is 2.25. The Bertz CT molecular complexity index is 502.